The number of aromatic nitrogens is 2. The van der Waals surface area contributed by atoms with Gasteiger partial charge in [0.25, 0.3) is 0 Å². The zero-order valence-corrected chi connectivity index (χ0v) is 10.8. The lowest BCUT2D eigenvalue weighted by Gasteiger charge is -2.09. The molecule has 0 aromatic carbocycles. The van der Waals surface area contributed by atoms with Gasteiger partial charge in [-0.3, -0.25) is 10.1 Å². The first-order valence-corrected chi connectivity index (χ1v) is 5.48. The lowest BCUT2D eigenvalue weighted by molar-refractivity contribution is -0.117. The Morgan fingerprint density at radius 2 is 2.18 bits per heavy atom. The average molecular weight is 257 g/mol. The van der Waals surface area contributed by atoms with Gasteiger partial charge in [-0.25, -0.2) is 9.97 Å². The summed E-state index contributed by atoms with van der Waals surface area (Å²) in [6.45, 7) is 3.72. The summed E-state index contributed by atoms with van der Waals surface area (Å²) in [6, 6.07) is 1.68. The molecule has 1 aliphatic carbocycles. The SMILES string of the molecule is Cc1cc(C(C)N)nc(NC(=O)C2CC2)n1.Cl. The number of hydrogen-bond donors (Lipinski definition) is 2. The summed E-state index contributed by atoms with van der Waals surface area (Å²) in [5, 5.41) is 2.72. The summed E-state index contributed by atoms with van der Waals surface area (Å²) in [5.74, 6) is 0.535. The van der Waals surface area contributed by atoms with E-state index in [-0.39, 0.29) is 30.3 Å². The zero-order valence-electron chi connectivity index (χ0n) is 9.93. The Kier molecular flexibility index (Phi) is 4.42. The first kappa shape index (κ1) is 13.9. The molecule has 94 valence electrons. The molecule has 6 heteroatoms. The molecule has 3 N–H and O–H groups in total. The molecule has 1 fully saturated rings. The maximum atomic E-state index is 11.5. The number of rotatable bonds is 3. The van der Waals surface area contributed by atoms with Crippen LogP contribution in [0, 0.1) is 12.8 Å². The lowest BCUT2D eigenvalue weighted by Crippen LogP contribution is -2.18. The van der Waals surface area contributed by atoms with Crippen LogP contribution in [0.15, 0.2) is 6.07 Å². The van der Waals surface area contributed by atoms with Gasteiger partial charge in [0.05, 0.1) is 5.69 Å². The lowest BCUT2D eigenvalue weighted by atomic mass is 10.2. The van der Waals surface area contributed by atoms with Gasteiger partial charge in [-0.05, 0) is 32.8 Å². The molecule has 5 nitrogen and oxygen atoms in total. The molecule has 0 radical (unpaired) electrons. The minimum Gasteiger partial charge on any atom is -0.323 e. The van der Waals surface area contributed by atoms with Crippen LogP contribution in [0.2, 0.25) is 0 Å². The largest absolute Gasteiger partial charge is 0.323 e. The van der Waals surface area contributed by atoms with E-state index in [9.17, 15) is 4.79 Å². The van der Waals surface area contributed by atoms with E-state index in [0.717, 1.165) is 24.2 Å². The highest BCUT2D eigenvalue weighted by Gasteiger charge is 2.30. The van der Waals surface area contributed by atoms with Crippen molar-refractivity contribution < 1.29 is 4.79 Å². The van der Waals surface area contributed by atoms with Crippen LogP contribution < -0.4 is 11.1 Å². The minimum atomic E-state index is -0.154. The fraction of sp³-hybridized carbons (Fsp3) is 0.545. The summed E-state index contributed by atoms with van der Waals surface area (Å²) < 4.78 is 0. The van der Waals surface area contributed by atoms with Gasteiger partial charge in [0.15, 0.2) is 0 Å². The third kappa shape index (κ3) is 3.64. The molecule has 17 heavy (non-hydrogen) atoms. The number of carbonyl (C=O) groups is 1. The third-order valence-corrected chi connectivity index (χ3v) is 2.52. The summed E-state index contributed by atoms with van der Waals surface area (Å²) in [6.07, 6.45) is 1.94. The smallest absolute Gasteiger partial charge is 0.229 e. The molecular formula is C11H17ClN4O. The number of anilines is 1. The highest BCUT2D eigenvalue weighted by Crippen LogP contribution is 2.29. The fourth-order valence-corrected chi connectivity index (χ4v) is 1.44. The van der Waals surface area contributed by atoms with Crippen molar-refractivity contribution in [3.8, 4) is 0 Å². The first-order valence-electron chi connectivity index (χ1n) is 5.48. The van der Waals surface area contributed by atoms with Gasteiger partial charge in [-0.2, -0.15) is 0 Å². The van der Waals surface area contributed by atoms with E-state index in [1.165, 1.54) is 0 Å². The second-order valence-corrected chi connectivity index (χ2v) is 4.31. The van der Waals surface area contributed by atoms with Crippen molar-refractivity contribution >= 4 is 24.3 Å². The summed E-state index contributed by atoms with van der Waals surface area (Å²) in [4.78, 5) is 19.9. The van der Waals surface area contributed by atoms with Crippen LogP contribution in [0.5, 0.6) is 0 Å². The van der Waals surface area contributed by atoms with Crippen LogP contribution in [-0.2, 0) is 4.79 Å². The Bertz CT molecular complexity index is 418. The molecule has 1 unspecified atom stereocenters. The van der Waals surface area contributed by atoms with Crippen LogP contribution in [0.25, 0.3) is 0 Å². The van der Waals surface area contributed by atoms with Crippen LogP contribution in [-0.4, -0.2) is 15.9 Å². The third-order valence-electron chi connectivity index (χ3n) is 2.52. The molecule has 0 bridgehead atoms. The number of nitrogens with one attached hydrogen (secondary N) is 1. The van der Waals surface area contributed by atoms with Gasteiger partial charge in [0, 0.05) is 17.7 Å². The van der Waals surface area contributed by atoms with Crippen molar-refractivity contribution in [2.24, 2.45) is 11.7 Å². The Hall–Kier alpha value is -1.20. The second-order valence-electron chi connectivity index (χ2n) is 4.31. The molecule has 2 rings (SSSR count). The molecule has 1 aliphatic rings. The maximum absolute atomic E-state index is 11.5. The number of hydrogen-bond acceptors (Lipinski definition) is 4. The van der Waals surface area contributed by atoms with Crippen molar-refractivity contribution in [3.63, 3.8) is 0 Å². The number of amides is 1. The van der Waals surface area contributed by atoms with Gasteiger partial charge in [-0.1, -0.05) is 0 Å². The summed E-state index contributed by atoms with van der Waals surface area (Å²) in [7, 11) is 0. The topological polar surface area (TPSA) is 80.9 Å². The average Bonchev–Trinajstić information content (AvgIpc) is 2.99. The van der Waals surface area contributed by atoms with Crippen LogP contribution >= 0.6 is 12.4 Å². The first-order chi connectivity index (χ1) is 7.56. The highest BCUT2D eigenvalue weighted by molar-refractivity contribution is 5.92. The number of nitrogens with two attached hydrogens (primary N) is 1. The monoisotopic (exact) mass is 256 g/mol. The van der Waals surface area contributed by atoms with E-state index in [2.05, 4.69) is 15.3 Å². The molecule has 1 aromatic rings. The van der Waals surface area contributed by atoms with Gasteiger partial charge >= 0.3 is 0 Å². The highest BCUT2D eigenvalue weighted by atomic mass is 35.5. The van der Waals surface area contributed by atoms with Crippen molar-refractivity contribution in [2.45, 2.75) is 32.7 Å². The molecule has 1 heterocycles. The van der Waals surface area contributed by atoms with E-state index >= 15 is 0 Å². The van der Waals surface area contributed by atoms with Crippen LogP contribution in [0.1, 0.15) is 37.2 Å². The minimum absolute atomic E-state index is 0. The van der Waals surface area contributed by atoms with E-state index < -0.39 is 0 Å². The van der Waals surface area contributed by atoms with Gasteiger partial charge in [-0.15, -0.1) is 12.4 Å². The van der Waals surface area contributed by atoms with E-state index in [0.29, 0.717) is 5.95 Å². The summed E-state index contributed by atoms with van der Waals surface area (Å²) in [5.41, 5.74) is 7.31. The number of nitrogens with zero attached hydrogens (tertiary/aromatic N) is 2. The molecule has 1 atom stereocenters. The van der Waals surface area contributed by atoms with Crippen molar-refractivity contribution in [1.29, 1.82) is 0 Å². The van der Waals surface area contributed by atoms with Crippen molar-refractivity contribution in [3.05, 3.63) is 17.5 Å². The van der Waals surface area contributed by atoms with Crippen LogP contribution in [0.3, 0.4) is 0 Å². The summed E-state index contributed by atoms with van der Waals surface area (Å²) >= 11 is 0. The van der Waals surface area contributed by atoms with Gasteiger partial charge < -0.3 is 5.73 Å². The van der Waals surface area contributed by atoms with Gasteiger partial charge in [0.2, 0.25) is 11.9 Å². The number of aryl methyl sites for hydroxylation is 1. The quantitative estimate of drug-likeness (QED) is 0.860. The Morgan fingerprint density at radius 3 is 2.71 bits per heavy atom. The van der Waals surface area contributed by atoms with E-state index in [1.54, 1.807) is 0 Å². The normalized spacial score (nSPS) is 15.9. The van der Waals surface area contributed by atoms with Crippen molar-refractivity contribution in [1.82, 2.24) is 9.97 Å². The molecule has 0 spiro atoms. The molecule has 1 aromatic heterocycles. The zero-order chi connectivity index (χ0) is 11.7. The molecule has 1 saturated carbocycles. The Labute approximate surface area is 107 Å². The second kappa shape index (κ2) is 5.42. The number of halogens is 1. The maximum Gasteiger partial charge on any atom is 0.229 e. The van der Waals surface area contributed by atoms with Crippen LogP contribution in [0.4, 0.5) is 5.95 Å². The molecular weight excluding hydrogens is 240 g/mol. The standard InChI is InChI=1S/C11H16N4O.ClH/c1-6-5-9(7(2)12)14-11(13-6)15-10(16)8-3-4-8;/h5,7-8H,3-4,12H2,1-2H3,(H,13,14,15,16);1H. The predicted octanol–water partition coefficient (Wildman–Crippen LogP) is 1.58. The van der Waals surface area contributed by atoms with Gasteiger partial charge in [0.1, 0.15) is 0 Å². The molecule has 0 saturated heterocycles. The van der Waals surface area contributed by atoms with Crippen molar-refractivity contribution in [2.75, 3.05) is 5.32 Å². The van der Waals surface area contributed by atoms with E-state index in [1.807, 2.05) is 19.9 Å². The Balaban J connectivity index is 0.00000144. The van der Waals surface area contributed by atoms with E-state index in [4.69, 9.17) is 5.73 Å². The Morgan fingerprint density at radius 1 is 1.53 bits per heavy atom. The number of carbonyl (C=O) groups excluding carboxylic acids is 1. The molecule has 1 amide bonds. The predicted molar refractivity (Wildman–Crippen MR) is 68.0 cm³/mol. The molecule has 0 aliphatic heterocycles. The fourth-order valence-electron chi connectivity index (χ4n) is 1.44.